The van der Waals surface area contributed by atoms with Crippen LogP contribution in [0.1, 0.15) is 49.9 Å². The van der Waals surface area contributed by atoms with Crippen molar-refractivity contribution in [2.24, 2.45) is 0 Å². The second-order valence-electron chi connectivity index (χ2n) is 9.00. The van der Waals surface area contributed by atoms with Crippen LogP contribution in [0.5, 0.6) is 5.75 Å². The summed E-state index contributed by atoms with van der Waals surface area (Å²) < 4.78 is 35.7. The second-order valence-corrected chi connectivity index (χ2v) is 11.1. The summed E-state index contributed by atoms with van der Waals surface area (Å²) in [6, 6.07) is 14.3. The molecule has 11 heteroatoms. The smallest absolute Gasteiger partial charge is 0.300 e. The number of benzene rings is 2. The van der Waals surface area contributed by atoms with Crippen LogP contribution >= 0.6 is 11.6 Å². The molecule has 0 saturated heterocycles. The molecule has 0 atom stereocenters. The predicted octanol–water partition coefficient (Wildman–Crippen LogP) is 4.66. The van der Waals surface area contributed by atoms with Crippen LogP contribution in [0.2, 0.25) is 5.02 Å². The number of aromatic nitrogens is 1. The van der Waals surface area contributed by atoms with E-state index in [1.165, 1.54) is 12.1 Å². The highest BCUT2D eigenvalue weighted by atomic mass is 35.5. The molecule has 9 nitrogen and oxygen atoms in total. The fraction of sp³-hybridized carbons (Fsp3) is 0.259. The van der Waals surface area contributed by atoms with Gasteiger partial charge in [-0.25, -0.2) is 13.1 Å². The minimum absolute atomic E-state index is 0.0121. The highest BCUT2D eigenvalue weighted by Crippen LogP contribution is 2.27. The van der Waals surface area contributed by atoms with Crippen LogP contribution in [0.25, 0.3) is 10.9 Å². The molecule has 0 unspecified atom stereocenters. The molecule has 0 fully saturated rings. The topological polar surface area (TPSA) is 130 Å². The second kappa shape index (κ2) is 11.3. The molecule has 38 heavy (non-hydrogen) atoms. The number of rotatable bonds is 10. The summed E-state index contributed by atoms with van der Waals surface area (Å²) >= 11 is 6.24. The Kier molecular flexibility index (Phi) is 8.13. The Labute approximate surface area is 225 Å². The summed E-state index contributed by atoms with van der Waals surface area (Å²) in [6.07, 6.45) is 2.16. The molecule has 0 saturated carbocycles. The average Bonchev–Trinajstić information content (AvgIpc) is 3.48. The van der Waals surface area contributed by atoms with E-state index in [2.05, 4.69) is 10.3 Å². The Hall–Kier alpha value is -3.76. The summed E-state index contributed by atoms with van der Waals surface area (Å²) in [5.41, 5.74) is 4.06. The van der Waals surface area contributed by atoms with Gasteiger partial charge in [-0.05, 0) is 73.7 Å². The van der Waals surface area contributed by atoms with Gasteiger partial charge in [0.2, 0.25) is 10.0 Å². The number of aromatic amines is 1. The van der Waals surface area contributed by atoms with E-state index in [9.17, 15) is 18.0 Å². The largest absolute Gasteiger partial charge is 0.494 e. The molecule has 2 aromatic carbocycles. The SMILES string of the molecule is Cc1cc(OCCCc2c(C(=O)NCc3ccc(C(=O)NS(C)(=O)=O)o3)[nH]c3ccccc23)cc(C)c1Cl. The molecule has 0 aliphatic heterocycles. The highest BCUT2D eigenvalue weighted by molar-refractivity contribution is 7.89. The number of fused-ring (bicyclic) bond motifs is 1. The third kappa shape index (κ3) is 6.56. The molecular weight excluding hydrogens is 530 g/mol. The maximum absolute atomic E-state index is 13.1. The van der Waals surface area contributed by atoms with Crippen molar-refractivity contribution >= 4 is 44.3 Å². The average molecular weight is 558 g/mol. The van der Waals surface area contributed by atoms with E-state index in [0.29, 0.717) is 30.9 Å². The molecule has 0 aliphatic carbocycles. The monoisotopic (exact) mass is 557 g/mol. The number of carbonyl (C=O) groups is 2. The molecule has 3 N–H and O–H groups in total. The van der Waals surface area contributed by atoms with Crippen LogP contribution in [-0.2, 0) is 23.0 Å². The van der Waals surface area contributed by atoms with E-state index in [1.54, 1.807) is 0 Å². The number of H-pyrrole nitrogens is 1. The number of nitrogens with one attached hydrogen (secondary N) is 3. The van der Waals surface area contributed by atoms with Gasteiger partial charge in [0.25, 0.3) is 11.8 Å². The van der Waals surface area contributed by atoms with Crippen molar-refractivity contribution in [3.8, 4) is 5.75 Å². The fourth-order valence-corrected chi connectivity index (χ4v) is 4.70. The molecule has 2 amide bonds. The number of hydrogen-bond donors (Lipinski definition) is 3. The lowest BCUT2D eigenvalue weighted by Crippen LogP contribution is -2.29. The first kappa shape index (κ1) is 27.3. The third-order valence-electron chi connectivity index (χ3n) is 5.88. The summed E-state index contributed by atoms with van der Waals surface area (Å²) in [6.45, 7) is 4.35. The lowest BCUT2D eigenvalue weighted by molar-refractivity contribution is 0.0942. The Bertz CT molecular complexity index is 1580. The Morgan fingerprint density at radius 2 is 1.76 bits per heavy atom. The zero-order valence-corrected chi connectivity index (χ0v) is 22.8. The zero-order valence-electron chi connectivity index (χ0n) is 21.2. The van der Waals surface area contributed by atoms with Gasteiger partial charge >= 0.3 is 0 Å². The van der Waals surface area contributed by atoms with Crippen LogP contribution < -0.4 is 14.8 Å². The van der Waals surface area contributed by atoms with Gasteiger partial charge in [0.15, 0.2) is 5.76 Å². The lowest BCUT2D eigenvalue weighted by Gasteiger charge is -2.10. The molecule has 0 bridgehead atoms. The maximum atomic E-state index is 13.1. The number of sulfonamides is 1. The number of para-hydroxylation sites is 1. The van der Waals surface area contributed by atoms with E-state index in [4.69, 9.17) is 20.8 Å². The van der Waals surface area contributed by atoms with E-state index < -0.39 is 15.9 Å². The van der Waals surface area contributed by atoms with Crippen LogP contribution in [0, 0.1) is 13.8 Å². The van der Waals surface area contributed by atoms with E-state index in [-0.39, 0.29) is 18.2 Å². The van der Waals surface area contributed by atoms with Gasteiger partial charge in [-0.1, -0.05) is 29.8 Å². The summed E-state index contributed by atoms with van der Waals surface area (Å²) in [5, 5.41) is 4.48. The zero-order chi connectivity index (χ0) is 27.4. The van der Waals surface area contributed by atoms with Crippen molar-refractivity contribution in [3.05, 3.63) is 87.5 Å². The van der Waals surface area contributed by atoms with Gasteiger partial charge < -0.3 is 19.5 Å². The van der Waals surface area contributed by atoms with Crippen LogP contribution in [0.15, 0.2) is 52.9 Å². The highest BCUT2D eigenvalue weighted by Gasteiger charge is 2.19. The summed E-state index contributed by atoms with van der Waals surface area (Å²) in [7, 11) is -3.72. The molecule has 0 spiro atoms. The van der Waals surface area contributed by atoms with Gasteiger partial charge in [-0.2, -0.15) is 0 Å². The van der Waals surface area contributed by atoms with Gasteiger partial charge in [0.05, 0.1) is 19.4 Å². The lowest BCUT2D eigenvalue weighted by atomic mass is 10.1. The van der Waals surface area contributed by atoms with Gasteiger partial charge in [-0.15, -0.1) is 0 Å². The molecule has 2 aromatic heterocycles. The number of amides is 2. The summed E-state index contributed by atoms with van der Waals surface area (Å²) in [4.78, 5) is 28.3. The first-order valence-corrected chi connectivity index (χ1v) is 14.2. The number of hydrogen-bond acceptors (Lipinski definition) is 6. The molecule has 200 valence electrons. The summed E-state index contributed by atoms with van der Waals surface area (Å²) in [5.74, 6) is -0.327. The van der Waals surface area contributed by atoms with Crippen molar-refractivity contribution in [2.45, 2.75) is 33.2 Å². The standard InChI is InChI=1S/C27H28ClN3O6S/c1-16-13-19(14-17(2)24(16)28)36-12-6-8-21-20-7-4-5-9-22(20)30-25(21)27(33)29-15-18-10-11-23(37-18)26(32)31-38(3,34)35/h4-5,7,9-11,13-14,30H,6,8,12,15H2,1-3H3,(H,29,33)(H,31,32). The molecule has 0 aliphatic rings. The molecule has 4 rings (SSSR count). The van der Waals surface area contributed by atoms with Crippen molar-refractivity contribution < 1.29 is 27.2 Å². The van der Waals surface area contributed by atoms with E-state index in [1.807, 2.05) is 55.0 Å². The fourth-order valence-electron chi connectivity index (χ4n) is 4.15. The quantitative estimate of drug-likeness (QED) is 0.243. The van der Waals surface area contributed by atoms with Crippen LogP contribution in [0.4, 0.5) is 0 Å². The molecule has 4 aromatic rings. The Morgan fingerprint density at radius 3 is 2.47 bits per heavy atom. The van der Waals surface area contributed by atoms with Gasteiger partial charge in [0, 0.05) is 15.9 Å². The van der Waals surface area contributed by atoms with E-state index >= 15 is 0 Å². The Morgan fingerprint density at radius 1 is 1.05 bits per heavy atom. The van der Waals surface area contributed by atoms with Crippen molar-refractivity contribution in [2.75, 3.05) is 12.9 Å². The Balaban J connectivity index is 1.42. The van der Waals surface area contributed by atoms with E-state index in [0.717, 1.165) is 44.6 Å². The molecular formula is C27H28ClN3O6S. The molecule has 2 heterocycles. The van der Waals surface area contributed by atoms with Crippen molar-refractivity contribution in [1.29, 1.82) is 0 Å². The number of ether oxygens (including phenoxy) is 1. The first-order chi connectivity index (χ1) is 18.0. The predicted molar refractivity (Wildman–Crippen MR) is 145 cm³/mol. The van der Waals surface area contributed by atoms with Crippen LogP contribution in [-0.4, -0.2) is 38.1 Å². The molecule has 0 radical (unpaired) electrons. The van der Waals surface area contributed by atoms with Crippen molar-refractivity contribution in [3.63, 3.8) is 0 Å². The van der Waals surface area contributed by atoms with Gasteiger partial charge in [-0.3, -0.25) is 9.59 Å². The number of aryl methyl sites for hydroxylation is 3. The number of furan rings is 1. The number of carbonyl (C=O) groups excluding carboxylic acids is 2. The number of halogens is 1. The minimum atomic E-state index is -3.72. The minimum Gasteiger partial charge on any atom is -0.494 e. The van der Waals surface area contributed by atoms with Crippen molar-refractivity contribution in [1.82, 2.24) is 15.0 Å². The van der Waals surface area contributed by atoms with Crippen LogP contribution in [0.3, 0.4) is 0 Å². The maximum Gasteiger partial charge on any atom is 0.300 e. The normalized spacial score (nSPS) is 11.5. The first-order valence-electron chi connectivity index (χ1n) is 11.9. The van der Waals surface area contributed by atoms with Gasteiger partial charge in [0.1, 0.15) is 17.2 Å². The third-order valence-corrected chi connectivity index (χ3v) is 7.03.